The molecule has 0 heterocycles. The summed E-state index contributed by atoms with van der Waals surface area (Å²) in [5.74, 6) is 0.827. The zero-order chi connectivity index (χ0) is 17.5. The summed E-state index contributed by atoms with van der Waals surface area (Å²) in [6, 6.07) is 26.0. The third-order valence-electron chi connectivity index (χ3n) is 4.13. The molecular formula is C22H21NO2. The zero-order valence-corrected chi connectivity index (χ0v) is 14.2. The number of hydrogen-bond donors (Lipinski definition) is 1. The Labute approximate surface area is 148 Å². The van der Waals surface area contributed by atoms with Crippen molar-refractivity contribution in [3.05, 3.63) is 101 Å². The number of carbonyl (C=O) groups excluding carboxylic acids is 1. The highest BCUT2D eigenvalue weighted by molar-refractivity contribution is 5.74. The molecule has 3 rings (SSSR count). The third kappa shape index (κ3) is 4.34. The van der Waals surface area contributed by atoms with Gasteiger partial charge in [-0.1, -0.05) is 66.7 Å². The molecule has 3 heteroatoms. The van der Waals surface area contributed by atoms with E-state index in [1.807, 2.05) is 49.5 Å². The van der Waals surface area contributed by atoms with Crippen molar-refractivity contribution in [3.63, 3.8) is 0 Å². The van der Waals surface area contributed by atoms with Gasteiger partial charge in [-0.3, -0.25) is 4.79 Å². The minimum atomic E-state index is 0.122. The van der Waals surface area contributed by atoms with Crippen molar-refractivity contribution < 1.29 is 9.53 Å². The molecule has 0 aliphatic heterocycles. The first kappa shape index (κ1) is 16.9. The molecule has 126 valence electrons. The SMILES string of the molecule is CNC(c1ccccc1)c1cccc(OCc2ccc(C=O)cc2)c1. The molecule has 3 aromatic carbocycles. The van der Waals surface area contributed by atoms with Gasteiger partial charge in [0.25, 0.3) is 0 Å². The summed E-state index contributed by atoms with van der Waals surface area (Å²) in [4.78, 5) is 10.7. The maximum atomic E-state index is 10.7. The second kappa shape index (κ2) is 8.27. The lowest BCUT2D eigenvalue weighted by Gasteiger charge is -2.18. The molecule has 0 saturated heterocycles. The van der Waals surface area contributed by atoms with E-state index in [-0.39, 0.29) is 6.04 Å². The second-order valence-corrected chi connectivity index (χ2v) is 5.85. The molecule has 0 aliphatic rings. The van der Waals surface area contributed by atoms with Crippen LogP contribution < -0.4 is 10.1 Å². The summed E-state index contributed by atoms with van der Waals surface area (Å²) in [7, 11) is 1.96. The summed E-state index contributed by atoms with van der Waals surface area (Å²) in [6.45, 7) is 0.470. The lowest BCUT2D eigenvalue weighted by molar-refractivity contribution is 0.112. The van der Waals surface area contributed by atoms with Crippen molar-refractivity contribution in [1.29, 1.82) is 0 Å². The molecule has 3 aromatic rings. The minimum Gasteiger partial charge on any atom is -0.489 e. The Hall–Kier alpha value is -2.91. The molecule has 3 nitrogen and oxygen atoms in total. The molecule has 1 unspecified atom stereocenters. The van der Waals surface area contributed by atoms with E-state index in [0.29, 0.717) is 12.2 Å². The van der Waals surface area contributed by atoms with Crippen LogP contribution in [0, 0.1) is 0 Å². The van der Waals surface area contributed by atoms with Crippen molar-refractivity contribution in [2.24, 2.45) is 0 Å². The van der Waals surface area contributed by atoms with Gasteiger partial charge in [0.1, 0.15) is 18.6 Å². The first-order valence-electron chi connectivity index (χ1n) is 8.29. The fourth-order valence-electron chi connectivity index (χ4n) is 2.81. The first-order valence-corrected chi connectivity index (χ1v) is 8.29. The molecule has 0 aromatic heterocycles. The number of benzene rings is 3. The third-order valence-corrected chi connectivity index (χ3v) is 4.13. The number of nitrogens with one attached hydrogen (secondary N) is 1. The Morgan fingerprint density at radius 2 is 1.64 bits per heavy atom. The smallest absolute Gasteiger partial charge is 0.150 e. The Kier molecular flexibility index (Phi) is 5.60. The van der Waals surface area contributed by atoms with Gasteiger partial charge in [0, 0.05) is 5.56 Å². The van der Waals surface area contributed by atoms with Crippen LogP contribution in [-0.2, 0) is 6.61 Å². The maximum absolute atomic E-state index is 10.7. The number of hydrogen-bond acceptors (Lipinski definition) is 3. The lowest BCUT2D eigenvalue weighted by Crippen LogP contribution is -2.17. The molecule has 0 radical (unpaired) electrons. The summed E-state index contributed by atoms with van der Waals surface area (Å²) < 4.78 is 5.92. The molecule has 1 N–H and O–H groups in total. The predicted octanol–water partition coefficient (Wildman–Crippen LogP) is 4.39. The second-order valence-electron chi connectivity index (χ2n) is 5.85. The van der Waals surface area contributed by atoms with Crippen LogP contribution in [0.5, 0.6) is 5.75 Å². The van der Waals surface area contributed by atoms with Gasteiger partial charge in [0.05, 0.1) is 6.04 Å². The maximum Gasteiger partial charge on any atom is 0.150 e. The van der Waals surface area contributed by atoms with Gasteiger partial charge in [-0.25, -0.2) is 0 Å². The Morgan fingerprint density at radius 3 is 2.32 bits per heavy atom. The van der Waals surface area contributed by atoms with E-state index in [4.69, 9.17) is 4.74 Å². The van der Waals surface area contributed by atoms with Crippen LogP contribution in [0.25, 0.3) is 0 Å². The highest BCUT2D eigenvalue weighted by atomic mass is 16.5. The molecule has 0 aliphatic carbocycles. The monoisotopic (exact) mass is 331 g/mol. The average Bonchev–Trinajstić information content (AvgIpc) is 2.68. The Morgan fingerprint density at radius 1 is 0.920 bits per heavy atom. The molecule has 25 heavy (non-hydrogen) atoms. The molecule has 0 amide bonds. The highest BCUT2D eigenvalue weighted by Crippen LogP contribution is 2.25. The Bertz CT molecular complexity index is 813. The van der Waals surface area contributed by atoms with Crippen LogP contribution >= 0.6 is 0 Å². The molecule has 1 atom stereocenters. The number of aldehydes is 1. The van der Waals surface area contributed by atoms with Gasteiger partial charge >= 0.3 is 0 Å². The van der Waals surface area contributed by atoms with Crippen molar-refractivity contribution in [1.82, 2.24) is 5.32 Å². The number of carbonyl (C=O) groups is 1. The van der Waals surface area contributed by atoms with Crippen LogP contribution in [-0.4, -0.2) is 13.3 Å². The predicted molar refractivity (Wildman–Crippen MR) is 99.9 cm³/mol. The molecule has 0 bridgehead atoms. The fraction of sp³-hybridized carbons (Fsp3) is 0.136. The summed E-state index contributed by atoms with van der Waals surface area (Å²) in [6.07, 6.45) is 0.843. The van der Waals surface area contributed by atoms with Crippen molar-refractivity contribution in [2.45, 2.75) is 12.6 Å². The van der Waals surface area contributed by atoms with E-state index in [1.54, 1.807) is 12.1 Å². The Balaban J connectivity index is 1.73. The summed E-state index contributed by atoms with van der Waals surface area (Å²) in [5.41, 5.74) is 4.07. The van der Waals surface area contributed by atoms with Crippen molar-refractivity contribution in [2.75, 3.05) is 7.05 Å². The number of rotatable bonds is 7. The topological polar surface area (TPSA) is 38.3 Å². The minimum absolute atomic E-state index is 0.122. The first-order chi connectivity index (χ1) is 12.3. The number of ether oxygens (including phenoxy) is 1. The van der Waals surface area contributed by atoms with Gasteiger partial charge in [-0.15, -0.1) is 0 Å². The molecular weight excluding hydrogens is 310 g/mol. The van der Waals surface area contributed by atoms with Crippen molar-refractivity contribution in [3.8, 4) is 5.75 Å². The van der Waals surface area contributed by atoms with Crippen LogP contribution in [0.4, 0.5) is 0 Å². The molecule has 0 spiro atoms. The van der Waals surface area contributed by atoms with Crippen LogP contribution in [0.2, 0.25) is 0 Å². The fourth-order valence-corrected chi connectivity index (χ4v) is 2.81. The van der Waals surface area contributed by atoms with Crippen LogP contribution in [0.3, 0.4) is 0 Å². The van der Waals surface area contributed by atoms with Gasteiger partial charge in [-0.2, -0.15) is 0 Å². The largest absolute Gasteiger partial charge is 0.489 e. The highest BCUT2D eigenvalue weighted by Gasteiger charge is 2.12. The van der Waals surface area contributed by atoms with Crippen molar-refractivity contribution >= 4 is 6.29 Å². The lowest BCUT2D eigenvalue weighted by atomic mass is 9.99. The molecule has 0 saturated carbocycles. The van der Waals surface area contributed by atoms with Gasteiger partial charge in [0.15, 0.2) is 0 Å². The zero-order valence-electron chi connectivity index (χ0n) is 14.2. The summed E-state index contributed by atoms with van der Waals surface area (Å²) >= 11 is 0. The van der Waals surface area contributed by atoms with E-state index in [0.717, 1.165) is 23.2 Å². The van der Waals surface area contributed by atoms with Crippen LogP contribution in [0.1, 0.15) is 33.1 Å². The molecule has 0 fully saturated rings. The van der Waals surface area contributed by atoms with Gasteiger partial charge < -0.3 is 10.1 Å². The van der Waals surface area contributed by atoms with Gasteiger partial charge in [-0.05, 0) is 35.9 Å². The van der Waals surface area contributed by atoms with E-state index in [9.17, 15) is 4.79 Å². The standard InChI is InChI=1S/C22H21NO2/c1-23-22(19-6-3-2-4-7-19)20-8-5-9-21(14-20)25-16-18-12-10-17(15-24)11-13-18/h2-15,22-23H,16H2,1H3. The van der Waals surface area contributed by atoms with E-state index in [2.05, 4.69) is 29.6 Å². The summed E-state index contributed by atoms with van der Waals surface area (Å²) in [5, 5.41) is 3.36. The quantitative estimate of drug-likeness (QED) is 0.653. The normalized spacial score (nSPS) is 11.7. The van der Waals surface area contributed by atoms with Gasteiger partial charge in [0.2, 0.25) is 0 Å². The van der Waals surface area contributed by atoms with Crippen LogP contribution in [0.15, 0.2) is 78.9 Å². The average molecular weight is 331 g/mol. The van der Waals surface area contributed by atoms with E-state index in [1.165, 1.54) is 5.56 Å². The van der Waals surface area contributed by atoms with E-state index < -0.39 is 0 Å². The van der Waals surface area contributed by atoms with E-state index >= 15 is 0 Å².